The van der Waals surface area contributed by atoms with Gasteiger partial charge < -0.3 is 19.7 Å². The van der Waals surface area contributed by atoms with Crippen LogP contribution < -0.4 is 19.7 Å². The van der Waals surface area contributed by atoms with Crippen molar-refractivity contribution < 1.29 is 23.9 Å². The number of nitrogens with one attached hydrogen (secondary N) is 1. The van der Waals surface area contributed by atoms with Crippen LogP contribution in [0.5, 0.6) is 11.5 Å². The Labute approximate surface area is 188 Å². The molecule has 0 unspecified atom stereocenters. The smallest absolute Gasteiger partial charge is 0.265 e. The Kier molecular flexibility index (Phi) is 7.70. The van der Waals surface area contributed by atoms with Gasteiger partial charge in [-0.1, -0.05) is 19.1 Å². The van der Waals surface area contributed by atoms with Gasteiger partial charge in [0.1, 0.15) is 18.0 Å². The number of hydrogen-bond donors (Lipinski definition) is 1. The number of carbonyl (C=O) groups is 3. The Morgan fingerprint density at radius 2 is 1.91 bits per heavy atom. The quantitative estimate of drug-likeness (QED) is 0.649. The second-order valence-corrected chi connectivity index (χ2v) is 7.35. The molecule has 2 aromatic carbocycles. The maximum absolute atomic E-state index is 12.6. The molecule has 8 nitrogen and oxygen atoms in total. The van der Waals surface area contributed by atoms with Crippen molar-refractivity contribution in [2.24, 2.45) is 0 Å². The Morgan fingerprint density at radius 1 is 1.12 bits per heavy atom. The third kappa shape index (κ3) is 5.57. The molecule has 1 aliphatic rings. The van der Waals surface area contributed by atoms with Crippen molar-refractivity contribution in [3.8, 4) is 11.5 Å². The predicted molar refractivity (Wildman–Crippen MR) is 122 cm³/mol. The average molecular weight is 440 g/mol. The number of hydrogen-bond acceptors (Lipinski definition) is 5. The second kappa shape index (κ2) is 10.7. The highest BCUT2D eigenvalue weighted by molar-refractivity contribution is 6.03. The summed E-state index contributed by atoms with van der Waals surface area (Å²) in [5, 5.41) is 2.77. The largest absolute Gasteiger partial charge is 0.484 e. The fourth-order valence-electron chi connectivity index (χ4n) is 3.47. The monoisotopic (exact) mass is 439 g/mol. The van der Waals surface area contributed by atoms with Crippen LogP contribution in [0.4, 0.5) is 11.4 Å². The number of carbonyl (C=O) groups excluding carboxylic acids is 3. The van der Waals surface area contributed by atoms with Gasteiger partial charge in [0.2, 0.25) is 5.91 Å². The zero-order valence-corrected chi connectivity index (χ0v) is 18.7. The number of rotatable bonds is 9. The fourth-order valence-corrected chi connectivity index (χ4v) is 3.47. The highest BCUT2D eigenvalue weighted by atomic mass is 16.5. The summed E-state index contributed by atoms with van der Waals surface area (Å²) in [6.07, 6.45) is 0.882. The normalized spacial score (nSPS) is 12.6. The maximum Gasteiger partial charge on any atom is 0.265 e. The number of anilines is 2. The van der Waals surface area contributed by atoms with Gasteiger partial charge >= 0.3 is 0 Å². The van der Waals surface area contributed by atoms with E-state index in [-0.39, 0.29) is 37.5 Å². The molecule has 2 aromatic rings. The highest BCUT2D eigenvalue weighted by Crippen LogP contribution is 2.34. The topological polar surface area (TPSA) is 88.2 Å². The summed E-state index contributed by atoms with van der Waals surface area (Å²) in [6.45, 7) is 6.62. The number of benzene rings is 2. The van der Waals surface area contributed by atoms with Gasteiger partial charge in [-0.15, -0.1) is 0 Å². The van der Waals surface area contributed by atoms with Crippen molar-refractivity contribution in [2.75, 3.05) is 43.1 Å². The molecule has 0 spiro atoms. The number of nitrogens with zero attached hydrogens (tertiary/aromatic N) is 2. The van der Waals surface area contributed by atoms with Crippen molar-refractivity contribution in [1.82, 2.24) is 4.90 Å². The van der Waals surface area contributed by atoms with Crippen LogP contribution in [0.25, 0.3) is 0 Å². The zero-order chi connectivity index (χ0) is 23.1. The van der Waals surface area contributed by atoms with Gasteiger partial charge in [0.05, 0.1) is 5.69 Å². The fraction of sp³-hybridized carbons (Fsp3) is 0.375. The summed E-state index contributed by atoms with van der Waals surface area (Å²) in [6, 6.07) is 12.6. The van der Waals surface area contributed by atoms with E-state index in [1.807, 2.05) is 32.0 Å². The van der Waals surface area contributed by atoms with Crippen LogP contribution in [-0.4, -0.2) is 55.5 Å². The Morgan fingerprint density at radius 3 is 2.62 bits per heavy atom. The molecule has 0 aliphatic carbocycles. The van der Waals surface area contributed by atoms with Crippen molar-refractivity contribution >= 4 is 29.1 Å². The summed E-state index contributed by atoms with van der Waals surface area (Å²) in [5.41, 5.74) is 2.07. The third-order valence-corrected chi connectivity index (χ3v) is 5.27. The van der Waals surface area contributed by atoms with Crippen molar-refractivity contribution in [2.45, 2.75) is 27.2 Å². The summed E-state index contributed by atoms with van der Waals surface area (Å²) in [5.74, 6) is 0.335. The summed E-state index contributed by atoms with van der Waals surface area (Å²) in [4.78, 5) is 40.5. The first kappa shape index (κ1) is 23.1. The number of aryl methyl sites for hydroxylation is 1. The van der Waals surface area contributed by atoms with E-state index < -0.39 is 0 Å². The lowest BCUT2D eigenvalue weighted by molar-refractivity contribution is -0.131. The molecule has 170 valence electrons. The van der Waals surface area contributed by atoms with E-state index in [1.165, 1.54) is 4.90 Å². The molecule has 1 aliphatic heterocycles. The van der Waals surface area contributed by atoms with Gasteiger partial charge in [-0.25, -0.2) is 0 Å². The van der Waals surface area contributed by atoms with Crippen LogP contribution in [0.1, 0.15) is 26.3 Å². The molecule has 0 radical (unpaired) electrons. The second-order valence-electron chi connectivity index (χ2n) is 7.35. The number of ether oxygens (including phenoxy) is 2. The number of likely N-dealkylation sites (N-methyl/N-ethyl adjacent to an activating group) is 1. The zero-order valence-electron chi connectivity index (χ0n) is 18.7. The minimum Gasteiger partial charge on any atom is -0.484 e. The molecule has 32 heavy (non-hydrogen) atoms. The van der Waals surface area contributed by atoms with E-state index in [2.05, 4.69) is 12.2 Å². The minimum absolute atomic E-state index is 0.0782. The molecule has 0 aromatic heterocycles. The molecule has 3 rings (SSSR count). The summed E-state index contributed by atoms with van der Waals surface area (Å²) in [7, 11) is 0. The molecule has 0 saturated carbocycles. The van der Waals surface area contributed by atoms with E-state index >= 15 is 0 Å². The number of amides is 3. The van der Waals surface area contributed by atoms with E-state index in [4.69, 9.17) is 9.47 Å². The lowest BCUT2D eigenvalue weighted by Crippen LogP contribution is -2.46. The van der Waals surface area contributed by atoms with Crippen LogP contribution in [0.2, 0.25) is 0 Å². The van der Waals surface area contributed by atoms with Crippen LogP contribution in [0, 0.1) is 0 Å². The van der Waals surface area contributed by atoms with E-state index in [9.17, 15) is 14.4 Å². The Bertz CT molecular complexity index is 987. The third-order valence-electron chi connectivity index (χ3n) is 5.27. The molecule has 8 heteroatoms. The molecule has 0 bridgehead atoms. The first-order valence-electron chi connectivity index (χ1n) is 10.8. The molecular formula is C24H29N3O5. The summed E-state index contributed by atoms with van der Waals surface area (Å²) < 4.78 is 11.1. The van der Waals surface area contributed by atoms with Crippen LogP contribution in [0.15, 0.2) is 42.5 Å². The number of fused-ring (bicyclic) bond motifs is 1. The molecule has 0 fully saturated rings. The SMILES string of the molecule is CCc1cccc(OCC(=O)Nc2ccc3c(c2)N(CC(=O)N(CC)CC)C(=O)CO3)c1. The Hall–Kier alpha value is -3.55. The Balaban J connectivity index is 1.69. The van der Waals surface area contributed by atoms with E-state index in [0.29, 0.717) is 36.0 Å². The maximum atomic E-state index is 12.6. The van der Waals surface area contributed by atoms with E-state index in [0.717, 1.165) is 12.0 Å². The molecular weight excluding hydrogens is 410 g/mol. The van der Waals surface area contributed by atoms with Crippen molar-refractivity contribution in [1.29, 1.82) is 0 Å². The predicted octanol–water partition coefficient (Wildman–Crippen LogP) is 2.86. The highest BCUT2D eigenvalue weighted by Gasteiger charge is 2.29. The molecule has 3 amide bonds. The molecule has 0 atom stereocenters. The van der Waals surface area contributed by atoms with Crippen LogP contribution in [-0.2, 0) is 20.8 Å². The average Bonchev–Trinajstić information content (AvgIpc) is 2.80. The molecule has 1 heterocycles. The van der Waals surface area contributed by atoms with Gasteiger partial charge in [-0.2, -0.15) is 0 Å². The summed E-state index contributed by atoms with van der Waals surface area (Å²) >= 11 is 0. The first-order chi connectivity index (χ1) is 15.4. The molecule has 0 saturated heterocycles. The van der Waals surface area contributed by atoms with Crippen LogP contribution in [0.3, 0.4) is 0 Å². The van der Waals surface area contributed by atoms with Gasteiger partial charge in [0.25, 0.3) is 11.8 Å². The molecule has 1 N–H and O–H groups in total. The minimum atomic E-state index is -0.333. The van der Waals surface area contributed by atoms with Crippen LogP contribution >= 0.6 is 0 Å². The van der Waals surface area contributed by atoms with Gasteiger partial charge in [-0.05, 0) is 56.2 Å². The lowest BCUT2D eigenvalue weighted by atomic mass is 10.2. The van der Waals surface area contributed by atoms with Crippen molar-refractivity contribution in [3.63, 3.8) is 0 Å². The van der Waals surface area contributed by atoms with Crippen molar-refractivity contribution in [3.05, 3.63) is 48.0 Å². The van der Waals surface area contributed by atoms with Gasteiger partial charge in [0.15, 0.2) is 13.2 Å². The van der Waals surface area contributed by atoms with E-state index in [1.54, 1.807) is 29.2 Å². The lowest BCUT2D eigenvalue weighted by Gasteiger charge is -2.31. The first-order valence-corrected chi connectivity index (χ1v) is 10.8. The van der Waals surface area contributed by atoms with Gasteiger partial charge in [-0.3, -0.25) is 19.3 Å². The van der Waals surface area contributed by atoms with Gasteiger partial charge in [0, 0.05) is 18.8 Å². The standard InChI is InChI=1S/C24H29N3O5/c1-4-17-8-7-9-19(12-17)31-15-22(28)25-18-10-11-21-20(13-18)27(24(30)16-32-21)14-23(29)26(5-2)6-3/h7-13H,4-6,14-16H2,1-3H3,(H,25,28).